The summed E-state index contributed by atoms with van der Waals surface area (Å²) in [5.41, 5.74) is 1.25. The molecule has 0 saturated carbocycles. The minimum absolute atomic E-state index is 0.168. The van der Waals surface area contributed by atoms with Crippen molar-refractivity contribution in [1.82, 2.24) is 0 Å². The standard InChI is InChI=1S/C14H18O2/c1-3-16-14(15)11-7-8-12(2)13-9-5-4-6-10-13/h4-10,12H,3,11H2,1-2H3/b8-7-. The predicted octanol–water partition coefficient (Wildman–Crippen LogP) is 3.30. The summed E-state index contributed by atoms with van der Waals surface area (Å²) in [5, 5.41) is 0. The van der Waals surface area contributed by atoms with Gasteiger partial charge in [-0.05, 0) is 18.4 Å². The normalized spacial score (nSPS) is 12.6. The third-order valence-electron chi connectivity index (χ3n) is 2.34. The maximum Gasteiger partial charge on any atom is 0.309 e. The number of hydrogen-bond acceptors (Lipinski definition) is 2. The minimum atomic E-state index is -0.168. The molecule has 0 aliphatic carbocycles. The molecule has 16 heavy (non-hydrogen) atoms. The van der Waals surface area contributed by atoms with Crippen molar-refractivity contribution in [2.45, 2.75) is 26.2 Å². The van der Waals surface area contributed by atoms with E-state index in [4.69, 9.17) is 4.74 Å². The van der Waals surface area contributed by atoms with Crippen molar-refractivity contribution >= 4 is 5.97 Å². The van der Waals surface area contributed by atoms with Crippen LogP contribution in [0.25, 0.3) is 0 Å². The highest BCUT2D eigenvalue weighted by molar-refractivity contribution is 5.71. The van der Waals surface area contributed by atoms with Gasteiger partial charge in [0.25, 0.3) is 0 Å². The lowest BCUT2D eigenvalue weighted by atomic mass is 10.0. The number of allylic oxidation sites excluding steroid dienone is 1. The molecule has 0 bridgehead atoms. The summed E-state index contributed by atoms with van der Waals surface area (Å²) in [6, 6.07) is 10.2. The van der Waals surface area contributed by atoms with Crippen LogP contribution in [0.15, 0.2) is 42.5 Å². The number of ether oxygens (including phenoxy) is 1. The number of benzene rings is 1. The number of carbonyl (C=O) groups excluding carboxylic acids is 1. The highest BCUT2D eigenvalue weighted by Gasteiger charge is 2.01. The molecule has 2 nitrogen and oxygen atoms in total. The minimum Gasteiger partial charge on any atom is -0.466 e. The largest absolute Gasteiger partial charge is 0.466 e. The summed E-state index contributed by atoms with van der Waals surface area (Å²) >= 11 is 0. The fraction of sp³-hybridized carbons (Fsp3) is 0.357. The molecule has 1 unspecified atom stereocenters. The second-order valence-electron chi connectivity index (χ2n) is 3.64. The lowest BCUT2D eigenvalue weighted by Gasteiger charge is -2.05. The molecule has 1 aromatic rings. The molecular weight excluding hydrogens is 200 g/mol. The molecule has 0 saturated heterocycles. The fourth-order valence-corrected chi connectivity index (χ4v) is 1.46. The predicted molar refractivity (Wildman–Crippen MR) is 65.2 cm³/mol. The zero-order valence-electron chi connectivity index (χ0n) is 9.85. The van der Waals surface area contributed by atoms with Crippen LogP contribution in [0.5, 0.6) is 0 Å². The van der Waals surface area contributed by atoms with E-state index in [0.29, 0.717) is 18.9 Å². The Morgan fingerprint density at radius 2 is 2.06 bits per heavy atom. The Hall–Kier alpha value is -1.57. The van der Waals surface area contributed by atoms with E-state index in [1.165, 1.54) is 5.56 Å². The van der Waals surface area contributed by atoms with Gasteiger partial charge in [-0.1, -0.05) is 49.4 Å². The first-order valence-corrected chi connectivity index (χ1v) is 5.61. The highest BCUT2D eigenvalue weighted by Crippen LogP contribution is 2.15. The molecule has 86 valence electrons. The molecule has 0 spiro atoms. The SMILES string of the molecule is CCOC(=O)C/C=C\C(C)c1ccccc1. The Morgan fingerprint density at radius 1 is 1.38 bits per heavy atom. The van der Waals surface area contributed by atoms with Crippen LogP contribution in [0.1, 0.15) is 31.7 Å². The maximum atomic E-state index is 11.1. The van der Waals surface area contributed by atoms with Gasteiger partial charge in [-0.25, -0.2) is 0 Å². The van der Waals surface area contributed by atoms with E-state index < -0.39 is 0 Å². The lowest BCUT2D eigenvalue weighted by molar-refractivity contribution is -0.142. The first kappa shape index (κ1) is 12.5. The number of hydrogen-bond donors (Lipinski definition) is 0. The van der Waals surface area contributed by atoms with Gasteiger partial charge in [0.1, 0.15) is 0 Å². The molecule has 1 aromatic carbocycles. The monoisotopic (exact) mass is 218 g/mol. The first-order valence-electron chi connectivity index (χ1n) is 5.61. The number of rotatable bonds is 5. The van der Waals surface area contributed by atoms with Crippen LogP contribution in [0, 0.1) is 0 Å². The van der Waals surface area contributed by atoms with Crippen molar-refractivity contribution in [3.63, 3.8) is 0 Å². The number of carbonyl (C=O) groups is 1. The molecule has 0 radical (unpaired) electrons. The van der Waals surface area contributed by atoms with E-state index in [1.807, 2.05) is 37.3 Å². The van der Waals surface area contributed by atoms with Crippen molar-refractivity contribution < 1.29 is 9.53 Å². The van der Waals surface area contributed by atoms with Crippen LogP contribution in [-0.2, 0) is 9.53 Å². The maximum absolute atomic E-state index is 11.1. The highest BCUT2D eigenvalue weighted by atomic mass is 16.5. The zero-order valence-corrected chi connectivity index (χ0v) is 9.85. The van der Waals surface area contributed by atoms with Gasteiger partial charge in [0.05, 0.1) is 13.0 Å². The van der Waals surface area contributed by atoms with E-state index in [1.54, 1.807) is 0 Å². The summed E-state index contributed by atoms with van der Waals surface area (Å²) in [6.07, 6.45) is 4.26. The van der Waals surface area contributed by atoms with Crippen LogP contribution >= 0.6 is 0 Å². The lowest BCUT2D eigenvalue weighted by Crippen LogP contribution is -2.01. The van der Waals surface area contributed by atoms with E-state index >= 15 is 0 Å². The quantitative estimate of drug-likeness (QED) is 0.560. The average Bonchev–Trinajstić information content (AvgIpc) is 2.30. The van der Waals surface area contributed by atoms with Crippen LogP contribution in [-0.4, -0.2) is 12.6 Å². The van der Waals surface area contributed by atoms with E-state index in [0.717, 1.165) is 0 Å². The summed E-state index contributed by atoms with van der Waals surface area (Å²) in [5.74, 6) is 0.162. The Labute approximate surface area is 96.9 Å². The van der Waals surface area contributed by atoms with Gasteiger partial charge in [0.15, 0.2) is 0 Å². The van der Waals surface area contributed by atoms with Gasteiger partial charge in [-0.2, -0.15) is 0 Å². The van der Waals surface area contributed by atoms with Crippen molar-refractivity contribution in [2.24, 2.45) is 0 Å². The second kappa shape index (κ2) is 6.83. The van der Waals surface area contributed by atoms with Crippen molar-refractivity contribution in [3.8, 4) is 0 Å². The van der Waals surface area contributed by atoms with Gasteiger partial charge >= 0.3 is 5.97 Å². The summed E-state index contributed by atoms with van der Waals surface area (Å²) in [6.45, 7) is 4.37. The molecule has 0 fully saturated rings. The summed E-state index contributed by atoms with van der Waals surface area (Å²) < 4.78 is 4.84. The average molecular weight is 218 g/mol. The Kier molecular flexibility index (Phi) is 5.34. The van der Waals surface area contributed by atoms with E-state index in [-0.39, 0.29) is 5.97 Å². The molecular formula is C14H18O2. The third kappa shape index (κ3) is 4.30. The van der Waals surface area contributed by atoms with Gasteiger partial charge < -0.3 is 4.74 Å². The van der Waals surface area contributed by atoms with Crippen molar-refractivity contribution in [2.75, 3.05) is 6.61 Å². The summed E-state index contributed by atoms with van der Waals surface area (Å²) in [4.78, 5) is 11.1. The fourth-order valence-electron chi connectivity index (χ4n) is 1.46. The Bertz CT molecular complexity index is 341. The van der Waals surface area contributed by atoms with Gasteiger partial charge in [-0.15, -0.1) is 0 Å². The van der Waals surface area contributed by atoms with Crippen molar-refractivity contribution in [3.05, 3.63) is 48.0 Å². The van der Waals surface area contributed by atoms with Crippen LogP contribution < -0.4 is 0 Å². The van der Waals surface area contributed by atoms with Crippen molar-refractivity contribution in [1.29, 1.82) is 0 Å². The Balaban J connectivity index is 2.43. The molecule has 2 heteroatoms. The molecule has 0 N–H and O–H groups in total. The molecule has 0 aromatic heterocycles. The van der Waals surface area contributed by atoms with Gasteiger partial charge in [-0.3, -0.25) is 4.79 Å². The second-order valence-corrected chi connectivity index (χ2v) is 3.64. The summed E-state index contributed by atoms with van der Waals surface area (Å²) in [7, 11) is 0. The van der Waals surface area contributed by atoms with Crippen LogP contribution in [0.3, 0.4) is 0 Å². The zero-order chi connectivity index (χ0) is 11.8. The Morgan fingerprint density at radius 3 is 2.69 bits per heavy atom. The topological polar surface area (TPSA) is 26.3 Å². The molecule has 0 heterocycles. The smallest absolute Gasteiger partial charge is 0.309 e. The molecule has 0 aliphatic rings. The molecule has 0 aliphatic heterocycles. The third-order valence-corrected chi connectivity index (χ3v) is 2.34. The first-order chi connectivity index (χ1) is 7.74. The van der Waals surface area contributed by atoms with Crippen LogP contribution in [0.4, 0.5) is 0 Å². The van der Waals surface area contributed by atoms with E-state index in [9.17, 15) is 4.79 Å². The number of esters is 1. The molecule has 1 rings (SSSR count). The molecule has 1 atom stereocenters. The molecule has 0 amide bonds. The van der Waals surface area contributed by atoms with E-state index in [2.05, 4.69) is 19.1 Å². The van der Waals surface area contributed by atoms with Crippen LogP contribution in [0.2, 0.25) is 0 Å². The van der Waals surface area contributed by atoms with Gasteiger partial charge in [0.2, 0.25) is 0 Å². The van der Waals surface area contributed by atoms with Gasteiger partial charge in [0, 0.05) is 0 Å².